The molecule has 2 aromatic rings. The van der Waals surface area contributed by atoms with Gasteiger partial charge in [-0.25, -0.2) is 0 Å². The quantitative estimate of drug-likeness (QED) is 0.797. The Bertz CT molecular complexity index is 729. The minimum Gasteiger partial charge on any atom is -0.269 e. The summed E-state index contributed by atoms with van der Waals surface area (Å²) < 4.78 is 0. The highest BCUT2D eigenvalue weighted by atomic mass is 35.5. The first kappa shape index (κ1) is 14.0. The van der Waals surface area contributed by atoms with Crippen LogP contribution in [0.15, 0.2) is 30.3 Å². The number of benzene rings is 1. The summed E-state index contributed by atoms with van der Waals surface area (Å²) in [7, 11) is 0. The molecule has 1 unspecified atom stereocenters. The first-order valence-corrected chi connectivity index (χ1v) is 6.92. The lowest BCUT2D eigenvalue weighted by Crippen LogP contribution is -2.32. The molecule has 0 aliphatic carbocycles. The minimum absolute atomic E-state index is 0.114. The molecule has 1 aliphatic heterocycles. The molecule has 2 amide bonds. The zero-order valence-electron chi connectivity index (χ0n) is 10.9. The van der Waals surface area contributed by atoms with Crippen LogP contribution < -0.4 is 0 Å². The van der Waals surface area contributed by atoms with Gasteiger partial charge in [-0.15, -0.1) is 10.2 Å². The molecule has 21 heavy (non-hydrogen) atoms. The Morgan fingerprint density at radius 2 is 1.62 bits per heavy atom. The largest absolute Gasteiger partial charge is 0.269 e. The third-order valence-electron chi connectivity index (χ3n) is 3.41. The molecule has 0 spiro atoms. The molecule has 0 bridgehead atoms. The molecule has 7 heteroatoms. The van der Waals surface area contributed by atoms with Gasteiger partial charge < -0.3 is 0 Å². The summed E-state index contributed by atoms with van der Waals surface area (Å²) in [4.78, 5) is 26.0. The molecular weight excluding hydrogens is 313 g/mol. The van der Waals surface area contributed by atoms with E-state index in [0.717, 1.165) is 4.90 Å². The summed E-state index contributed by atoms with van der Waals surface area (Å²) in [5, 5.41) is 7.59. The fourth-order valence-electron chi connectivity index (χ4n) is 2.36. The number of hydrogen-bond acceptors (Lipinski definition) is 4. The molecule has 1 aliphatic rings. The van der Waals surface area contributed by atoms with Gasteiger partial charge in [0.05, 0.1) is 17.2 Å². The van der Waals surface area contributed by atoms with Crippen molar-refractivity contribution in [2.45, 2.75) is 13.0 Å². The first-order valence-electron chi connectivity index (χ1n) is 6.16. The second-order valence-electron chi connectivity index (χ2n) is 4.62. The molecule has 0 fully saturated rings. The van der Waals surface area contributed by atoms with Crippen LogP contribution in [-0.2, 0) is 0 Å². The van der Waals surface area contributed by atoms with Gasteiger partial charge in [0, 0.05) is 5.56 Å². The smallest absolute Gasteiger partial charge is 0.262 e. The van der Waals surface area contributed by atoms with Crippen LogP contribution in [0.4, 0.5) is 0 Å². The standard InChI is InChI=1S/C14H9Cl2N3O2/c1-7(10-6-11(15)17-18-12(10)16)19-13(20)8-4-2-3-5-9(8)14(19)21/h2-7H,1H3. The number of amides is 2. The van der Waals surface area contributed by atoms with Crippen LogP contribution in [-0.4, -0.2) is 26.9 Å². The highest BCUT2D eigenvalue weighted by Gasteiger charge is 2.39. The number of aromatic nitrogens is 2. The number of hydrogen-bond donors (Lipinski definition) is 0. The number of fused-ring (bicyclic) bond motifs is 1. The second kappa shape index (κ2) is 5.09. The van der Waals surface area contributed by atoms with E-state index in [1.165, 1.54) is 6.07 Å². The topological polar surface area (TPSA) is 63.2 Å². The minimum atomic E-state index is -0.585. The van der Waals surface area contributed by atoms with Gasteiger partial charge in [0.15, 0.2) is 10.3 Å². The number of rotatable bonds is 2. The molecule has 0 radical (unpaired) electrons. The van der Waals surface area contributed by atoms with Crippen molar-refractivity contribution >= 4 is 35.0 Å². The lowest BCUT2D eigenvalue weighted by molar-refractivity contribution is 0.0595. The van der Waals surface area contributed by atoms with Crippen molar-refractivity contribution in [2.75, 3.05) is 0 Å². The second-order valence-corrected chi connectivity index (χ2v) is 5.36. The lowest BCUT2D eigenvalue weighted by Gasteiger charge is -2.23. The van der Waals surface area contributed by atoms with Gasteiger partial charge >= 0.3 is 0 Å². The van der Waals surface area contributed by atoms with E-state index >= 15 is 0 Å². The fraction of sp³-hybridized carbons (Fsp3) is 0.143. The van der Waals surface area contributed by atoms with Gasteiger partial charge in [0.25, 0.3) is 11.8 Å². The van der Waals surface area contributed by atoms with E-state index in [4.69, 9.17) is 23.2 Å². The summed E-state index contributed by atoms with van der Waals surface area (Å²) in [6.45, 7) is 1.70. The van der Waals surface area contributed by atoms with E-state index in [1.807, 2.05) is 0 Å². The number of halogens is 2. The maximum atomic E-state index is 12.4. The molecular formula is C14H9Cl2N3O2. The van der Waals surface area contributed by atoms with Crippen LogP contribution >= 0.6 is 23.2 Å². The van der Waals surface area contributed by atoms with E-state index in [1.54, 1.807) is 31.2 Å². The van der Waals surface area contributed by atoms with Crippen molar-refractivity contribution in [1.29, 1.82) is 0 Å². The third-order valence-corrected chi connectivity index (χ3v) is 3.89. The van der Waals surface area contributed by atoms with Gasteiger partial charge in [-0.3, -0.25) is 14.5 Å². The third kappa shape index (κ3) is 2.18. The summed E-state index contributed by atoms with van der Waals surface area (Å²) in [6.07, 6.45) is 0. The van der Waals surface area contributed by atoms with E-state index in [2.05, 4.69) is 10.2 Å². The first-order chi connectivity index (χ1) is 10.0. The Labute approximate surface area is 130 Å². The molecule has 2 heterocycles. The number of nitrogens with zero attached hydrogens (tertiary/aromatic N) is 3. The zero-order chi connectivity index (χ0) is 15.1. The van der Waals surface area contributed by atoms with E-state index in [0.29, 0.717) is 16.7 Å². The van der Waals surface area contributed by atoms with Crippen molar-refractivity contribution in [1.82, 2.24) is 15.1 Å². The fourth-order valence-corrected chi connectivity index (χ4v) is 2.76. The van der Waals surface area contributed by atoms with Crippen molar-refractivity contribution in [3.8, 4) is 0 Å². The zero-order valence-corrected chi connectivity index (χ0v) is 12.4. The summed E-state index contributed by atoms with van der Waals surface area (Å²) in [5.74, 6) is -0.709. The van der Waals surface area contributed by atoms with Crippen LogP contribution in [0.1, 0.15) is 39.2 Å². The molecule has 0 saturated carbocycles. The van der Waals surface area contributed by atoms with Crippen LogP contribution in [0.3, 0.4) is 0 Å². The Balaban J connectivity index is 2.04. The summed E-state index contributed by atoms with van der Waals surface area (Å²) >= 11 is 11.8. The van der Waals surface area contributed by atoms with Crippen molar-refractivity contribution in [2.24, 2.45) is 0 Å². The van der Waals surface area contributed by atoms with Crippen molar-refractivity contribution < 1.29 is 9.59 Å². The maximum absolute atomic E-state index is 12.4. The average molecular weight is 322 g/mol. The molecule has 1 aromatic heterocycles. The molecule has 1 aromatic carbocycles. The van der Waals surface area contributed by atoms with E-state index in [-0.39, 0.29) is 22.1 Å². The Morgan fingerprint density at radius 3 is 2.19 bits per heavy atom. The summed E-state index contributed by atoms with van der Waals surface area (Å²) in [6, 6.07) is 7.61. The average Bonchev–Trinajstić information content (AvgIpc) is 2.73. The van der Waals surface area contributed by atoms with Gasteiger partial charge in [-0.05, 0) is 25.1 Å². The predicted molar refractivity (Wildman–Crippen MR) is 77.4 cm³/mol. The lowest BCUT2D eigenvalue weighted by atomic mass is 10.1. The van der Waals surface area contributed by atoms with Gasteiger partial charge in [0.1, 0.15) is 0 Å². The van der Waals surface area contributed by atoms with Crippen molar-refractivity contribution in [3.05, 3.63) is 57.3 Å². The molecule has 106 valence electrons. The Morgan fingerprint density at radius 1 is 1.05 bits per heavy atom. The highest BCUT2D eigenvalue weighted by Crippen LogP contribution is 2.33. The monoisotopic (exact) mass is 321 g/mol. The van der Waals surface area contributed by atoms with Gasteiger partial charge in [-0.1, -0.05) is 35.3 Å². The molecule has 0 N–H and O–H groups in total. The molecule has 5 nitrogen and oxygen atoms in total. The van der Waals surface area contributed by atoms with Crippen LogP contribution in [0, 0.1) is 0 Å². The van der Waals surface area contributed by atoms with Crippen LogP contribution in [0.2, 0.25) is 10.3 Å². The highest BCUT2D eigenvalue weighted by molar-refractivity contribution is 6.32. The number of carbonyl (C=O) groups is 2. The van der Waals surface area contributed by atoms with Crippen LogP contribution in [0.5, 0.6) is 0 Å². The van der Waals surface area contributed by atoms with E-state index < -0.39 is 6.04 Å². The normalized spacial score (nSPS) is 15.3. The Kier molecular flexibility index (Phi) is 3.39. The maximum Gasteiger partial charge on any atom is 0.262 e. The summed E-state index contributed by atoms with van der Waals surface area (Å²) in [5.41, 5.74) is 1.25. The predicted octanol–water partition coefficient (Wildman–Crippen LogP) is 3.14. The molecule has 0 saturated heterocycles. The molecule has 1 atom stereocenters. The SMILES string of the molecule is CC(c1cc(Cl)nnc1Cl)N1C(=O)c2ccccc2C1=O. The number of carbonyl (C=O) groups excluding carboxylic acids is 2. The number of imide groups is 1. The van der Waals surface area contributed by atoms with Crippen LogP contribution in [0.25, 0.3) is 0 Å². The van der Waals surface area contributed by atoms with Gasteiger partial charge in [-0.2, -0.15) is 0 Å². The van der Waals surface area contributed by atoms with Crippen molar-refractivity contribution in [3.63, 3.8) is 0 Å². The van der Waals surface area contributed by atoms with E-state index in [9.17, 15) is 9.59 Å². The Hall–Kier alpha value is -1.98. The molecule has 3 rings (SSSR count). The van der Waals surface area contributed by atoms with Gasteiger partial charge in [0.2, 0.25) is 0 Å².